The summed E-state index contributed by atoms with van der Waals surface area (Å²) in [6.45, 7) is 3.00. The first-order valence-electron chi connectivity index (χ1n) is 8.42. The van der Waals surface area contributed by atoms with Gasteiger partial charge in [-0.25, -0.2) is 9.18 Å². The number of ether oxygens (including phenoxy) is 1. The first-order valence-corrected chi connectivity index (χ1v) is 8.42. The topological polar surface area (TPSA) is 101 Å². The minimum atomic E-state index is -0.579. The van der Waals surface area contributed by atoms with Crippen molar-refractivity contribution in [3.05, 3.63) is 24.0 Å². The van der Waals surface area contributed by atoms with Crippen LogP contribution < -0.4 is 15.1 Å². The third-order valence-corrected chi connectivity index (χ3v) is 4.21. The van der Waals surface area contributed by atoms with Crippen molar-refractivity contribution in [1.82, 2.24) is 10.3 Å². The van der Waals surface area contributed by atoms with Gasteiger partial charge in [0, 0.05) is 13.5 Å². The Bertz CT molecular complexity index is 808. The summed E-state index contributed by atoms with van der Waals surface area (Å²) in [6, 6.07) is 6.49. The van der Waals surface area contributed by atoms with Gasteiger partial charge in [-0.2, -0.15) is 10.4 Å². The minimum absolute atomic E-state index is 0.183. The zero-order chi connectivity index (χ0) is 19.4. The monoisotopic (exact) mass is 374 g/mol. The lowest BCUT2D eigenvalue weighted by Gasteiger charge is -2.29. The molecule has 0 radical (unpaired) electrons. The van der Waals surface area contributed by atoms with Crippen molar-refractivity contribution in [2.75, 3.05) is 42.5 Å². The van der Waals surface area contributed by atoms with E-state index in [1.165, 1.54) is 24.2 Å². The molecule has 9 nitrogen and oxygen atoms in total. The first-order chi connectivity index (χ1) is 13.0. The molecule has 1 aromatic rings. The summed E-state index contributed by atoms with van der Waals surface area (Å²) in [6.07, 6.45) is 0.417. The van der Waals surface area contributed by atoms with Crippen LogP contribution in [0.2, 0.25) is 0 Å². The number of carbonyl (C=O) groups is 2. The highest BCUT2D eigenvalue weighted by molar-refractivity contribution is 5.90. The zero-order valence-electron chi connectivity index (χ0n) is 14.8. The Morgan fingerprint density at radius 2 is 2.30 bits per heavy atom. The zero-order valence-corrected chi connectivity index (χ0v) is 14.8. The lowest BCUT2D eigenvalue weighted by Crippen LogP contribution is -2.38. The molecule has 2 aliphatic rings. The van der Waals surface area contributed by atoms with Crippen molar-refractivity contribution in [1.29, 1.82) is 5.26 Å². The number of halogens is 1. The smallest absolute Gasteiger partial charge is 0.414 e. The lowest BCUT2D eigenvalue weighted by atomic mass is 10.2. The van der Waals surface area contributed by atoms with Gasteiger partial charge in [-0.3, -0.25) is 14.7 Å². The van der Waals surface area contributed by atoms with Crippen molar-refractivity contribution in [2.45, 2.75) is 13.0 Å². The van der Waals surface area contributed by atoms with Crippen molar-refractivity contribution in [3.63, 3.8) is 0 Å². The van der Waals surface area contributed by atoms with Gasteiger partial charge in [0.25, 0.3) is 0 Å². The number of hydrazone groups is 1. The normalized spacial score (nSPS) is 19.1. The van der Waals surface area contributed by atoms with Crippen molar-refractivity contribution in [2.24, 2.45) is 5.10 Å². The Morgan fingerprint density at radius 3 is 2.93 bits per heavy atom. The highest BCUT2D eigenvalue weighted by Crippen LogP contribution is 2.28. The van der Waals surface area contributed by atoms with Gasteiger partial charge < -0.3 is 15.0 Å². The Kier molecular flexibility index (Phi) is 5.40. The molecular formula is C17H19FN6O3. The molecule has 0 unspecified atom stereocenters. The van der Waals surface area contributed by atoms with E-state index in [0.717, 1.165) is 0 Å². The molecule has 3 rings (SSSR count). The average molecular weight is 374 g/mol. The predicted octanol–water partition coefficient (Wildman–Crippen LogP) is 0.876. The highest BCUT2D eigenvalue weighted by atomic mass is 19.1. The maximum absolute atomic E-state index is 14.6. The largest absolute Gasteiger partial charge is 0.442 e. The van der Waals surface area contributed by atoms with Gasteiger partial charge in [0.15, 0.2) is 0 Å². The molecule has 1 fully saturated rings. The number of nitriles is 1. The van der Waals surface area contributed by atoms with Crippen LogP contribution in [-0.4, -0.2) is 62.2 Å². The fraction of sp³-hybridized carbons (Fsp3) is 0.412. The van der Waals surface area contributed by atoms with Crippen LogP contribution in [0.1, 0.15) is 6.92 Å². The molecule has 27 heavy (non-hydrogen) atoms. The molecule has 0 spiro atoms. The number of hydrogen-bond donors (Lipinski definition) is 1. The summed E-state index contributed by atoms with van der Waals surface area (Å²) in [4.78, 5) is 26.0. The summed E-state index contributed by atoms with van der Waals surface area (Å²) < 4.78 is 19.8. The molecule has 0 aliphatic carbocycles. The molecule has 1 aromatic carbocycles. The van der Waals surface area contributed by atoms with Crippen LogP contribution in [-0.2, 0) is 9.53 Å². The van der Waals surface area contributed by atoms with Crippen molar-refractivity contribution in [3.8, 4) is 6.07 Å². The van der Waals surface area contributed by atoms with Crippen LogP contribution in [0.5, 0.6) is 0 Å². The molecule has 1 N–H and O–H groups in total. The van der Waals surface area contributed by atoms with Crippen LogP contribution in [0.3, 0.4) is 0 Å². The number of nitrogens with one attached hydrogen (secondary N) is 1. The third-order valence-electron chi connectivity index (χ3n) is 4.21. The summed E-state index contributed by atoms with van der Waals surface area (Å²) >= 11 is 0. The van der Waals surface area contributed by atoms with E-state index in [4.69, 9.17) is 10.00 Å². The molecule has 2 amide bonds. The SMILES string of the molecule is CC(=O)NC[C@H]1CN(c2ccc(N3C=NN(CC#N)CC3)c(F)c2)C(=O)O1. The van der Waals surface area contributed by atoms with E-state index in [2.05, 4.69) is 10.4 Å². The van der Waals surface area contributed by atoms with E-state index in [0.29, 0.717) is 24.5 Å². The number of hydrogen-bond acceptors (Lipinski definition) is 7. The second-order valence-corrected chi connectivity index (χ2v) is 6.16. The van der Waals surface area contributed by atoms with E-state index < -0.39 is 18.0 Å². The average Bonchev–Trinajstić information content (AvgIpc) is 3.02. The standard InChI is InChI=1S/C17H19FN6O3/c1-12(25)20-9-14-10-24(17(26)27-14)13-2-3-16(15(18)8-13)22-6-7-23(5-4-19)21-11-22/h2-3,8,11,14H,5-7,9-10H2,1H3,(H,20,25)/t14-/m0/s1. The van der Waals surface area contributed by atoms with Gasteiger partial charge in [-0.05, 0) is 18.2 Å². The summed E-state index contributed by atoms with van der Waals surface area (Å²) in [5, 5.41) is 17.0. The molecule has 0 saturated carbocycles. The summed E-state index contributed by atoms with van der Waals surface area (Å²) in [5.74, 6) is -0.706. The first kappa shape index (κ1) is 18.4. The fourth-order valence-corrected chi connectivity index (χ4v) is 2.85. The van der Waals surface area contributed by atoms with Gasteiger partial charge in [-0.15, -0.1) is 0 Å². The Hall–Kier alpha value is -3.35. The lowest BCUT2D eigenvalue weighted by molar-refractivity contribution is -0.119. The molecule has 1 atom stereocenters. The summed E-state index contributed by atoms with van der Waals surface area (Å²) in [5.41, 5.74) is 0.716. The Balaban J connectivity index is 1.68. The molecule has 2 aliphatic heterocycles. The van der Waals surface area contributed by atoms with Crippen LogP contribution in [0, 0.1) is 17.1 Å². The number of amides is 2. The van der Waals surface area contributed by atoms with Gasteiger partial charge in [-0.1, -0.05) is 0 Å². The van der Waals surface area contributed by atoms with E-state index in [1.807, 2.05) is 6.07 Å². The van der Waals surface area contributed by atoms with Crippen molar-refractivity contribution >= 4 is 29.7 Å². The maximum Gasteiger partial charge on any atom is 0.414 e. The van der Waals surface area contributed by atoms with E-state index >= 15 is 0 Å². The van der Waals surface area contributed by atoms with E-state index in [9.17, 15) is 14.0 Å². The van der Waals surface area contributed by atoms with Gasteiger partial charge in [0.2, 0.25) is 5.91 Å². The molecule has 2 heterocycles. The minimum Gasteiger partial charge on any atom is -0.442 e. The number of rotatable bonds is 5. The molecule has 0 aromatic heterocycles. The fourth-order valence-electron chi connectivity index (χ4n) is 2.85. The molecule has 1 saturated heterocycles. The van der Waals surface area contributed by atoms with Gasteiger partial charge in [0.1, 0.15) is 24.8 Å². The molecule has 10 heteroatoms. The van der Waals surface area contributed by atoms with Crippen LogP contribution in [0.4, 0.5) is 20.6 Å². The number of cyclic esters (lactones) is 1. The second kappa shape index (κ2) is 7.90. The van der Waals surface area contributed by atoms with Crippen LogP contribution in [0.25, 0.3) is 0 Å². The Morgan fingerprint density at radius 1 is 1.48 bits per heavy atom. The number of benzene rings is 1. The van der Waals surface area contributed by atoms with Crippen LogP contribution >= 0.6 is 0 Å². The van der Waals surface area contributed by atoms with Crippen LogP contribution in [0.15, 0.2) is 23.3 Å². The van der Waals surface area contributed by atoms with Gasteiger partial charge in [0.05, 0.1) is 37.1 Å². The predicted molar refractivity (Wildman–Crippen MR) is 95.7 cm³/mol. The number of carbonyl (C=O) groups excluding carboxylic acids is 2. The second-order valence-electron chi connectivity index (χ2n) is 6.16. The molecule has 0 bridgehead atoms. The summed E-state index contributed by atoms with van der Waals surface area (Å²) in [7, 11) is 0. The number of nitrogens with zero attached hydrogens (tertiary/aromatic N) is 5. The molecule has 142 valence electrons. The number of anilines is 2. The van der Waals surface area contributed by atoms with E-state index in [1.54, 1.807) is 22.0 Å². The van der Waals surface area contributed by atoms with E-state index in [-0.39, 0.29) is 25.5 Å². The molecular weight excluding hydrogens is 355 g/mol. The Labute approximate surface area is 155 Å². The quantitative estimate of drug-likeness (QED) is 0.768. The van der Waals surface area contributed by atoms with Gasteiger partial charge >= 0.3 is 6.09 Å². The van der Waals surface area contributed by atoms with Crippen molar-refractivity contribution < 1.29 is 18.7 Å². The third kappa shape index (κ3) is 4.25. The maximum atomic E-state index is 14.6. The highest BCUT2D eigenvalue weighted by Gasteiger charge is 2.33.